The number of hydrogen-bond acceptors (Lipinski definition) is 9. The summed E-state index contributed by atoms with van der Waals surface area (Å²) in [7, 11) is 1.55. The molecule has 1 saturated heterocycles. The van der Waals surface area contributed by atoms with Crippen molar-refractivity contribution in [2.45, 2.75) is 64.0 Å². The Balaban J connectivity index is 1.89. The third kappa shape index (κ3) is 7.61. The number of azide groups is 1. The number of nitrogens with zero attached hydrogens (tertiary/aromatic N) is 3. The first-order valence-corrected chi connectivity index (χ1v) is 11.4. The molecule has 1 heterocycles. The Labute approximate surface area is 208 Å². The summed E-state index contributed by atoms with van der Waals surface area (Å²) in [6.45, 7) is 3.25. The molecular weight excluding hydrogens is 470 g/mol. The van der Waals surface area contributed by atoms with E-state index in [4.69, 9.17) is 34.1 Å². The van der Waals surface area contributed by atoms with Gasteiger partial charge in [-0.1, -0.05) is 30.3 Å². The van der Waals surface area contributed by atoms with Gasteiger partial charge in [-0.25, -0.2) is 0 Å². The van der Waals surface area contributed by atoms with E-state index in [-0.39, 0.29) is 25.2 Å². The molecule has 1 aliphatic rings. The van der Waals surface area contributed by atoms with Gasteiger partial charge in [0.15, 0.2) is 12.2 Å². The summed E-state index contributed by atoms with van der Waals surface area (Å²) < 4.78 is 29.1. The minimum atomic E-state index is -1.11. The molecule has 11 heteroatoms. The lowest BCUT2D eigenvalue weighted by Gasteiger charge is -2.43. The van der Waals surface area contributed by atoms with Crippen molar-refractivity contribution in [3.05, 3.63) is 70.6 Å². The minimum Gasteiger partial charge on any atom is -0.497 e. The molecule has 0 spiro atoms. The van der Waals surface area contributed by atoms with Crippen LogP contribution in [0.2, 0.25) is 0 Å². The third-order valence-electron chi connectivity index (χ3n) is 5.48. The van der Waals surface area contributed by atoms with Gasteiger partial charge < -0.3 is 33.3 Å². The van der Waals surface area contributed by atoms with Gasteiger partial charge in [0.25, 0.3) is 0 Å². The van der Waals surface area contributed by atoms with Crippen LogP contribution in [-0.4, -0.2) is 49.6 Å². The molecule has 0 radical (unpaired) electrons. The minimum absolute atomic E-state index is 0.0288. The van der Waals surface area contributed by atoms with Crippen molar-refractivity contribution in [3.8, 4) is 11.5 Å². The number of methoxy groups -OCH3 is 1. The molecule has 0 aromatic heterocycles. The van der Waals surface area contributed by atoms with Crippen LogP contribution < -0.4 is 9.47 Å². The van der Waals surface area contributed by atoms with Crippen LogP contribution in [0.25, 0.3) is 10.4 Å². The fourth-order valence-electron chi connectivity index (χ4n) is 3.65. The summed E-state index contributed by atoms with van der Waals surface area (Å²) in [5, 5.41) is 3.23. The zero-order valence-corrected chi connectivity index (χ0v) is 20.3. The molecule has 0 unspecified atom stereocenters. The molecule has 3 rings (SSSR count). The Morgan fingerprint density at radius 3 is 2.33 bits per heavy atom. The van der Waals surface area contributed by atoms with Gasteiger partial charge in [-0.2, -0.15) is 0 Å². The molecule has 0 bridgehead atoms. The van der Waals surface area contributed by atoms with Crippen molar-refractivity contribution in [1.29, 1.82) is 0 Å². The first kappa shape index (κ1) is 26.8. The zero-order chi connectivity index (χ0) is 25.9. The smallest absolute Gasteiger partial charge is 0.306 e. The van der Waals surface area contributed by atoms with Crippen molar-refractivity contribution in [2.75, 3.05) is 7.11 Å². The summed E-state index contributed by atoms with van der Waals surface area (Å²) in [5.74, 6) is 0.300. The normalized spacial score (nSPS) is 23.1. The van der Waals surface area contributed by atoms with Gasteiger partial charge in [-0.3, -0.25) is 4.79 Å². The summed E-state index contributed by atoms with van der Waals surface area (Å²) in [4.78, 5) is 32.0. The van der Waals surface area contributed by atoms with Crippen LogP contribution in [0, 0.1) is 0 Å². The van der Waals surface area contributed by atoms with E-state index in [1.165, 1.54) is 6.92 Å². The first-order chi connectivity index (χ1) is 17.4. The molecular formula is C25H29N3O8. The highest BCUT2D eigenvalue weighted by Crippen LogP contribution is 2.31. The summed E-state index contributed by atoms with van der Waals surface area (Å²) in [6, 6.07) is 16.2. The molecule has 2 aromatic rings. The van der Waals surface area contributed by atoms with Gasteiger partial charge in [0.1, 0.15) is 28.7 Å². The maximum atomic E-state index is 12.6. The summed E-state index contributed by atoms with van der Waals surface area (Å²) in [5.41, 5.74) is 9.67. The number of hydrogen-bond donors (Lipinski definition) is 0. The maximum absolute atomic E-state index is 12.6. The number of carbonyl (C=O) groups is 2. The Kier molecular flexibility index (Phi) is 9.93. The average Bonchev–Trinajstić information content (AvgIpc) is 2.88. The second kappa shape index (κ2) is 13.3. The predicted octanol–water partition coefficient (Wildman–Crippen LogP) is 4.30. The topological polar surface area (TPSA) is 138 Å². The summed E-state index contributed by atoms with van der Waals surface area (Å²) in [6.07, 6.45) is -4.78. The molecule has 1 fully saturated rings. The van der Waals surface area contributed by atoms with E-state index in [1.54, 1.807) is 38.3 Å². The monoisotopic (exact) mass is 499 g/mol. The SMILES string of the molecule is COc1ccc(O[C@H]2O[C@H](C)[C@@H](ON=[N+]=[N-])[C@H](OCc3ccccc3)[C@H]2OC(=O)CCC(C)=O)cc1. The van der Waals surface area contributed by atoms with Gasteiger partial charge >= 0.3 is 5.97 Å². The van der Waals surface area contributed by atoms with E-state index >= 15 is 0 Å². The maximum Gasteiger partial charge on any atom is 0.306 e. The molecule has 1 aliphatic heterocycles. The quantitative estimate of drug-likeness (QED) is 0.139. The summed E-state index contributed by atoms with van der Waals surface area (Å²) >= 11 is 0. The molecule has 0 N–H and O–H groups in total. The van der Waals surface area contributed by atoms with E-state index in [1.807, 2.05) is 30.3 Å². The number of ketones is 1. The van der Waals surface area contributed by atoms with Gasteiger partial charge in [0.2, 0.25) is 6.29 Å². The highest BCUT2D eigenvalue weighted by molar-refractivity contribution is 5.81. The van der Waals surface area contributed by atoms with E-state index in [0.29, 0.717) is 11.5 Å². The molecule has 36 heavy (non-hydrogen) atoms. The van der Waals surface area contributed by atoms with E-state index in [9.17, 15) is 9.59 Å². The highest BCUT2D eigenvalue weighted by atomic mass is 16.7. The number of benzene rings is 2. The van der Waals surface area contributed by atoms with Crippen LogP contribution in [0.3, 0.4) is 0 Å². The van der Waals surface area contributed by atoms with Gasteiger partial charge in [0, 0.05) is 11.3 Å². The molecule has 0 saturated carbocycles. The lowest BCUT2D eigenvalue weighted by Crippen LogP contribution is -2.61. The second-order valence-electron chi connectivity index (χ2n) is 8.16. The largest absolute Gasteiger partial charge is 0.497 e. The Morgan fingerprint density at radius 1 is 1.00 bits per heavy atom. The number of rotatable bonds is 12. The zero-order valence-electron chi connectivity index (χ0n) is 20.3. The van der Waals surface area contributed by atoms with E-state index in [2.05, 4.69) is 10.2 Å². The second-order valence-corrected chi connectivity index (χ2v) is 8.16. The van der Waals surface area contributed by atoms with E-state index < -0.39 is 36.7 Å². The average molecular weight is 500 g/mol. The molecule has 192 valence electrons. The van der Waals surface area contributed by atoms with Gasteiger partial charge in [0.05, 0.1) is 26.2 Å². The standard InChI is InChI=1S/C25H29N3O8/c1-16(29)9-14-21(30)35-24-23(32-15-18-7-5-4-6-8-18)22(36-28-27-26)17(2)33-25(24)34-20-12-10-19(31-3)11-13-20/h4-8,10-13,17,22-25H,9,14-15H2,1-3H3/t17-,22-,23+,24-,25-/m1/s1. The van der Waals surface area contributed by atoms with Gasteiger partial charge in [-0.15, -0.1) is 0 Å². The van der Waals surface area contributed by atoms with Crippen molar-refractivity contribution in [2.24, 2.45) is 5.28 Å². The Bertz CT molecular complexity index is 1040. The van der Waals surface area contributed by atoms with E-state index in [0.717, 1.165) is 5.56 Å². The molecule has 11 nitrogen and oxygen atoms in total. The molecule has 5 atom stereocenters. The fraction of sp³-hybridized carbons (Fsp3) is 0.440. The highest BCUT2D eigenvalue weighted by Gasteiger charge is 2.50. The van der Waals surface area contributed by atoms with Crippen molar-refractivity contribution < 1.29 is 38.1 Å². The molecule has 2 aromatic carbocycles. The van der Waals surface area contributed by atoms with Crippen LogP contribution in [0.4, 0.5) is 0 Å². The lowest BCUT2D eigenvalue weighted by atomic mass is 9.99. The number of Topliss-reactive ketones (excluding diaryl/α,β-unsaturated/α-hetero) is 1. The fourth-order valence-corrected chi connectivity index (χ4v) is 3.65. The van der Waals surface area contributed by atoms with Crippen molar-refractivity contribution >= 4 is 11.8 Å². The number of esters is 1. The predicted molar refractivity (Wildman–Crippen MR) is 127 cm³/mol. The van der Waals surface area contributed by atoms with Crippen LogP contribution in [-0.2, 0) is 35.2 Å². The van der Waals surface area contributed by atoms with Crippen LogP contribution in [0.5, 0.6) is 11.5 Å². The van der Waals surface area contributed by atoms with Crippen molar-refractivity contribution in [3.63, 3.8) is 0 Å². The third-order valence-corrected chi connectivity index (χ3v) is 5.48. The van der Waals surface area contributed by atoms with Crippen LogP contribution in [0.1, 0.15) is 32.3 Å². The first-order valence-electron chi connectivity index (χ1n) is 11.4. The van der Waals surface area contributed by atoms with Crippen LogP contribution in [0.15, 0.2) is 59.9 Å². The van der Waals surface area contributed by atoms with Gasteiger partial charge in [-0.05, 0) is 49.2 Å². The number of carbonyl (C=O) groups excluding carboxylic acids is 2. The lowest BCUT2D eigenvalue weighted by molar-refractivity contribution is -0.292. The number of ether oxygens (including phenoxy) is 5. The van der Waals surface area contributed by atoms with Crippen molar-refractivity contribution in [1.82, 2.24) is 0 Å². The Hall–Kier alpha value is -3.79. The van der Waals surface area contributed by atoms with Crippen LogP contribution >= 0.6 is 0 Å². The Morgan fingerprint density at radius 2 is 1.69 bits per heavy atom. The molecule has 0 amide bonds. The molecule has 0 aliphatic carbocycles.